The molecule has 0 fully saturated rings. The summed E-state index contributed by atoms with van der Waals surface area (Å²) in [5.41, 5.74) is 5.74. The van der Waals surface area contributed by atoms with Gasteiger partial charge in [-0.15, -0.1) is 0 Å². The van der Waals surface area contributed by atoms with Crippen LogP contribution in [0.1, 0.15) is 11.1 Å². The van der Waals surface area contributed by atoms with Gasteiger partial charge in [0.1, 0.15) is 11.6 Å². The van der Waals surface area contributed by atoms with E-state index in [2.05, 4.69) is 60.0 Å². The zero-order chi connectivity index (χ0) is 17.2. The topological polar surface area (TPSA) is 27.1 Å². The number of aromatic nitrogens is 2. The first-order chi connectivity index (χ1) is 12.2. The predicted molar refractivity (Wildman–Crippen MR) is 102 cm³/mol. The predicted octanol–water partition coefficient (Wildman–Crippen LogP) is 5.07. The fourth-order valence-electron chi connectivity index (χ4n) is 3.09. The van der Waals surface area contributed by atoms with Gasteiger partial charge in [0, 0.05) is 12.1 Å². The van der Waals surface area contributed by atoms with Gasteiger partial charge < -0.3 is 9.30 Å². The van der Waals surface area contributed by atoms with E-state index in [1.54, 1.807) is 7.11 Å². The Morgan fingerprint density at radius 1 is 0.920 bits per heavy atom. The Bertz CT molecular complexity index is 1020. The van der Waals surface area contributed by atoms with Crippen LogP contribution in [-0.2, 0) is 6.54 Å². The third kappa shape index (κ3) is 3.01. The van der Waals surface area contributed by atoms with Crippen molar-refractivity contribution in [2.45, 2.75) is 13.5 Å². The summed E-state index contributed by atoms with van der Waals surface area (Å²) in [5.74, 6) is 1.80. The van der Waals surface area contributed by atoms with Gasteiger partial charge in [-0.25, -0.2) is 4.98 Å². The highest BCUT2D eigenvalue weighted by molar-refractivity contribution is 5.81. The molecule has 3 heteroatoms. The first-order valence-corrected chi connectivity index (χ1v) is 8.40. The van der Waals surface area contributed by atoms with Gasteiger partial charge in [0.15, 0.2) is 0 Å². The second-order valence-electron chi connectivity index (χ2n) is 6.23. The minimum atomic E-state index is 0.785. The number of hydrogen-bond donors (Lipinski definition) is 0. The molecule has 0 saturated heterocycles. The van der Waals surface area contributed by atoms with E-state index in [1.165, 1.54) is 11.1 Å². The molecule has 0 spiro atoms. The molecule has 3 aromatic carbocycles. The van der Waals surface area contributed by atoms with Crippen molar-refractivity contribution in [3.05, 3.63) is 83.9 Å². The Balaban J connectivity index is 1.87. The summed E-state index contributed by atoms with van der Waals surface area (Å²) in [4.78, 5) is 4.88. The molecule has 0 N–H and O–H groups in total. The molecule has 4 rings (SSSR count). The lowest BCUT2D eigenvalue weighted by Gasteiger charge is -2.11. The molecule has 4 aromatic rings. The fraction of sp³-hybridized carbons (Fsp3) is 0.136. The molecule has 0 unspecified atom stereocenters. The molecule has 124 valence electrons. The van der Waals surface area contributed by atoms with Crippen molar-refractivity contribution in [3.8, 4) is 17.1 Å². The van der Waals surface area contributed by atoms with Gasteiger partial charge >= 0.3 is 0 Å². The normalized spacial score (nSPS) is 11.0. The summed E-state index contributed by atoms with van der Waals surface area (Å²) in [5, 5.41) is 0. The van der Waals surface area contributed by atoms with E-state index in [0.29, 0.717) is 0 Å². The van der Waals surface area contributed by atoms with E-state index in [0.717, 1.165) is 34.7 Å². The summed E-state index contributed by atoms with van der Waals surface area (Å²) in [6.45, 7) is 2.89. The Hall–Kier alpha value is -3.07. The van der Waals surface area contributed by atoms with Crippen LogP contribution in [0.15, 0.2) is 72.8 Å². The molecular weight excluding hydrogens is 308 g/mol. The number of aryl methyl sites for hydroxylation is 1. The number of ether oxygens (including phenoxy) is 1. The number of benzene rings is 3. The van der Waals surface area contributed by atoms with E-state index < -0.39 is 0 Å². The van der Waals surface area contributed by atoms with Gasteiger partial charge in [0.2, 0.25) is 0 Å². The molecule has 0 atom stereocenters. The minimum Gasteiger partial charge on any atom is -0.497 e. The quantitative estimate of drug-likeness (QED) is 0.523. The van der Waals surface area contributed by atoms with Crippen LogP contribution in [0.5, 0.6) is 5.75 Å². The van der Waals surface area contributed by atoms with Crippen LogP contribution in [0.25, 0.3) is 22.4 Å². The summed E-state index contributed by atoms with van der Waals surface area (Å²) >= 11 is 0. The van der Waals surface area contributed by atoms with Crippen molar-refractivity contribution in [3.63, 3.8) is 0 Å². The Morgan fingerprint density at radius 3 is 2.52 bits per heavy atom. The number of methoxy groups -OCH3 is 1. The van der Waals surface area contributed by atoms with E-state index in [4.69, 9.17) is 9.72 Å². The highest BCUT2D eigenvalue weighted by Gasteiger charge is 2.13. The van der Waals surface area contributed by atoms with Gasteiger partial charge in [-0.2, -0.15) is 0 Å². The average Bonchev–Trinajstić information content (AvgIpc) is 3.02. The minimum absolute atomic E-state index is 0.785. The molecule has 1 heterocycles. The zero-order valence-corrected chi connectivity index (χ0v) is 14.4. The lowest BCUT2D eigenvalue weighted by atomic mass is 10.1. The summed E-state index contributed by atoms with van der Waals surface area (Å²) in [6.07, 6.45) is 0. The van der Waals surface area contributed by atoms with Gasteiger partial charge in [0.25, 0.3) is 0 Å². The lowest BCUT2D eigenvalue weighted by Crippen LogP contribution is -2.02. The molecule has 0 saturated carbocycles. The van der Waals surface area contributed by atoms with Gasteiger partial charge in [-0.1, -0.05) is 54.1 Å². The Morgan fingerprint density at radius 2 is 1.72 bits per heavy atom. The fourth-order valence-corrected chi connectivity index (χ4v) is 3.09. The standard InChI is InChI=1S/C22H20N2O/c1-16-10-12-17(13-11-16)15-24-21-9-4-3-8-20(21)23-22(24)18-6-5-7-19(14-18)25-2/h3-14H,15H2,1-2H3. The maximum atomic E-state index is 5.38. The molecule has 3 nitrogen and oxygen atoms in total. The third-order valence-corrected chi connectivity index (χ3v) is 4.44. The van der Waals surface area contributed by atoms with Crippen LogP contribution in [0.4, 0.5) is 0 Å². The molecule has 0 amide bonds. The summed E-state index contributed by atoms with van der Waals surface area (Å²) in [6, 6.07) is 25.0. The first kappa shape index (κ1) is 15.5. The number of nitrogens with zero attached hydrogens (tertiary/aromatic N) is 2. The molecule has 0 aliphatic rings. The van der Waals surface area contributed by atoms with Crippen molar-refractivity contribution in [1.29, 1.82) is 0 Å². The van der Waals surface area contributed by atoms with Gasteiger partial charge in [-0.3, -0.25) is 0 Å². The van der Waals surface area contributed by atoms with Crippen molar-refractivity contribution < 1.29 is 4.74 Å². The van der Waals surface area contributed by atoms with Crippen molar-refractivity contribution >= 4 is 11.0 Å². The first-order valence-electron chi connectivity index (χ1n) is 8.40. The maximum absolute atomic E-state index is 5.38. The van der Waals surface area contributed by atoms with E-state index in [1.807, 2.05) is 24.3 Å². The molecular formula is C22H20N2O. The number of imidazole rings is 1. The average molecular weight is 328 g/mol. The molecule has 1 aromatic heterocycles. The Labute approximate surface area is 147 Å². The summed E-state index contributed by atoms with van der Waals surface area (Å²) in [7, 11) is 1.69. The van der Waals surface area contributed by atoms with Crippen LogP contribution < -0.4 is 4.74 Å². The number of fused-ring (bicyclic) bond motifs is 1. The van der Waals surface area contributed by atoms with Crippen molar-refractivity contribution in [2.75, 3.05) is 7.11 Å². The van der Waals surface area contributed by atoms with E-state index >= 15 is 0 Å². The summed E-state index contributed by atoms with van der Waals surface area (Å²) < 4.78 is 7.66. The van der Waals surface area contributed by atoms with E-state index in [-0.39, 0.29) is 0 Å². The van der Waals surface area contributed by atoms with E-state index in [9.17, 15) is 0 Å². The highest BCUT2D eigenvalue weighted by atomic mass is 16.5. The smallest absolute Gasteiger partial charge is 0.141 e. The van der Waals surface area contributed by atoms with Crippen LogP contribution in [-0.4, -0.2) is 16.7 Å². The zero-order valence-electron chi connectivity index (χ0n) is 14.4. The molecule has 0 radical (unpaired) electrons. The highest BCUT2D eigenvalue weighted by Crippen LogP contribution is 2.28. The van der Waals surface area contributed by atoms with Crippen LogP contribution in [0, 0.1) is 6.92 Å². The van der Waals surface area contributed by atoms with Gasteiger partial charge in [0.05, 0.1) is 18.1 Å². The van der Waals surface area contributed by atoms with Crippen molar-refractivity contribution in [1.82, 2.24) is 9.55 Å². The van der Waals surface area contributed by atoms with Crippen LogP contribution in [0.3, 0.4) is 0 Å². The number of para-hydroxylation sites is 2. The third-order valence-electron chi connectivity index (χ3n) is 4.44. The SMILES string of the molecule is COc1cccc(-c2nc3ccccc3n2Cc2ccc(C)cc2)c1. The van der Waals surface area contributed by atoms with Crippen LogP contribution in [0.2, 0.25) is 0 Å². The molecule has 0 bridgehead atoms. The Kier molecular flexibility index (Phi) is 3.98. The second kappa shape index (κ2) is 6.44. The maximum Gasteiger partial charge on any atom is 0.141 e. The monoisotopic (exact) mass is 328 g/mol. The van der Waals surface area contributed by atoms with Gasteiger partial charge in [-0.05, 0) is 36.8 Å². The second-order valence-corrected chi connectivity index (χ2v) is 6.23. The number of hydrogen-bond acceptors (Lipinski definition) is 2. The number of rotatable bonds is 4. The lowest BCUT2D eigenvalue weighted by molar-refractivity contribution is 0.415. The molecule has 0 aliphatic carbocycles. The van der Waals surface area contributed by atoms with Crippen molar-refractivity contribution in [2.24, 2.45) is 0 Å². The molecule has 0 aliphatic heterocycles. The molecule has 25 heavy (non-hydrogen) atoms. The van der Waals surface area contributed by atoms with Crippen LogP contribution >= 0.6 is 0 Å². The largest absolute Gasteiger partial charge is 0.497 e.